The summed E-state index contributed by atoms with van der Waals surface area (Å²) in [6.07, 6.45) is 0.285. The smallest absolute Gasteiger partial charge is 0.173 e. The Morgan fingerprint density at radius 1 is 1.57 bits per heavy atom. The maximum atomic E-state index is 12.7. The van der Waals surface area contributed by atoms with E-state index in [0.29, 0.717) is 6.29 Å². The zero-order valence-electron chi connectivity index (χ0n) is 7.62. The average molecular weight is 196 g/mol. The van der Waals surface area contributed by atoms with Crippen LogP contribution in [-0.4, -0.2) is 19.2 Å². The first-order valence-corrected chi connectivity index (χ1v) is 3.99. The van der Waals surface area contributed by atoms with Crippen LogP contribution in [0.15, 0.2) is 18.2 Å². The molecule has 0 heterocycles. The predicted molar refractivity (Wildman–Crippen MR) is 48.0 cm³/mol. The lowest BCUT2D eigenvalue weighted by Gasteiger charge is -2.05. The molecular weight excluding hydrogens is 187 g/mol. The van der Waals surface area contributed by atoms with Crippen LogP contribution in [0.5, 0.6) is 5.75 Å². The van der Waals surface area contributed by atoms with Crippen molar-refractivity contribution in [1.29, 1.82) is 0 Å². The van der Waals surface area contributed by atoms with Gasteiger partial charge in [-0.05, 0) is 12.1 Å². The van der Waals surface area contributed by atoms with Crippen LogP contribution in [0.4, 0.5) is 4.39 Å². The Hall–Kier alpha value is -1.71. The van der Waals surface area contributed by atoms with Crippen LogP contribution in [-0.2, 0) is 4.79 Å². The SMILES string of the molecule is COc1cc(F)ccc1C(=O)CC=O. The largest absolute Gasteiger partial charge is 0.496 e. The van der Waals surface area contributed by atoms with E-state index >= 15 is 0 Å². The number of carbonyl (C=O) groups is 2. The number of Topliss-reactive ketones (excluding diaryl/α,β-unsaturated/α-hetero) is 1. The van der Waals surface area contributed by atoms with Gasteiger partial charge >= 0.3 is 0 Å². The van der Waals surface area contributed by atoms with E-state index in [2.05, 4.69) is 0 Å². The lowest BCUT2D eigenvalue weighted by atomic mass is 10.1. The van der Waals surface area contributed by atoms with Crippen LogP contribution in [0.25, 0.3) is 0 Å². The van der Waals surface area contributed by atoms with E-state index < -0.39 is 5.82 Å². The maximum Gasteiger partial charge on any atom is 0.173 e. The van der Waals surface area contributed by atoms with Crippen LogP contribution < -0.4 is 4.74 Å². The molecule has 14 heavy (non-hydrogen) atoms. The number of aldehydes is 1. The van der Waals surface area contributed by atoms with Crippen LogP contribution in [0.3, 0.4) is 0 Å². The molecule has 0 amide bonds. The lowest BCUT2D eigenvalue weighted by molar-refractivity contribution is -0.107. The molecule has 1 aromatic carbocycles. The normalized spacial score (nSPS) is 9.57. The first kappa shape index (κ1) is 10.4. The minimum Gasteiger partial charge on any atom is -0.496 e. The molecule has 0 aliphatic carbocycles. The van der Waals surface area contributed by atoms with Crippen molar-refractivity contribution in [2.24, 2.45) is 0 Å². The molecule has 0 saturated heterocycles. The minimum atomic E-state index is -0.482. The Kier molecular flexibility index (Phi) is 3.34. The van der Waals surface area contributed by atoms with Gasteiger partial charge in [0.05, 0.1) is 19.1 Å². The fourth-order valence-electron chi connectivity index (χ4n) is 1.08. The van der Waals surface area contributed by atoms with E-state index in [9.17, 15) is 14.0 Å². The highest BCUT2D eigenvalue weighted by atomic mass is 19.1. The molecule has 0 fully saturated rings. The van der Waals surface area contributed by atoms with Gasteiger partial charge < -0.3 is 9.53 Å². The average Bonchev–Trinajstić information content (AvgIpc) is 2.17. The highest BCUT2D eigenvalue weighted by Gasteiger charge is 2.11. The molecule has 0 bridgehead atoms. The minimum absolute atomic E-state index is 0.150. The number of ketones is 1. The molecule has 3 nitrogen and oxygen atoms in total. The maximum absolute atomic E-state index is 12.7. The van der Waals surface area contributed by atoms with E-state index in [1.807, 2.05) is 0 Å². The Morgan fingerprint density at radius 3 is 2.86 bits per heavy atom. The molecule has 0 spiro atoms. The number of benzene rings is 1. The highest BCUT2D eigenvalue weighted by Crippen LogP contribution is 2.20. The zero-order valence-corrected chi connectivity index (χ0v) is 7.62. The van der Waals surface area contributed by atoms with E-state index in [1.165, 1.54) is 13.2 Å². The van der Waals surface area contributed by atoms with Crippen molar-refractivity contribution in [2.75, 3.05) is 7.11 Å². The van der Waals surface area contributed by atoms with Crippen LogP contribution in [0.2, 0.25) is 0 Å². The molecule has 1 aromatic rings. The van der Waals surface area contributed by atoms with Crippen molar-refractivity contribution >= 4 is 12.1 Å². The summed E-state index contributed by atoms with van der Waals surface area (Å²) in [4.78, 5) is 21.4. The fraction of sp³-hybridized carbons (Fsp3) is 0.200. The standard InChI is InChI=1S/C10H9FO3/c1-14-10-6-7(11)2-3-8(10)9(13)4-5-12/h2-3,5-6H,4H2,1H3. The summed E-state index contributed by atoms with van der Waals surface area (Å²) >= 11 is 0. The van der Waals surface area contributed by atoms with Gasteiger partial charge in [-0.2, -0.15) is 0 Å². The van der Waals surface area contributed by atoms with Crippen LogP contribution in [0, 0.1) is 5.82 Å². The third-order valence-electron chi connectivity index (χ3n) is 1.73. The van der Waals surface area contributed by atoms with Crippen LogP contribution in [0.1, 0.15) is 16.8 Å². The number of rotatable bonds is 4. The Bertz CT molecular complexity index is 360. The summed E-state index contributed by atoms with van der Waals surface area (Å²) in [6, 6.07) is 3.57. The molecule has 4 heteroatoms. The molecule has 0 N–H and O–H groups in total. The van der Waals surface area contributed by atoms with Gasteiger partial charge in [0.25, 0.3) is 0 Å². The Labute approximate surface area is 80.5 Å². The van der Waals surface area contributed by atoms with E-state index in [4.69, 9.17) is 4.74 Å². The molecule has 0 atom stereocenters. The summed E-state index contributed by atoms with van der Waals surface area (Å²) in [5.74, 6) is -0.710. The summed E-state index contributed by atoms with van der Waals surface area (Å²) in [5, 5.41) is 0. The zero-order chi connectivity index (χ0) is 10.6. The van der Waals surface area contributed by atoms with E-state index in [1.54, 1.807) is 0 Å². The summed E-state index contributed by atoms with van der Waals surface area (Å²) in [5.41, 5.74) is 0.223. The number of ether oxygens (including phenoxy) is 1. The van der Waals surface area contributed by atoms with Crippen molar-refractivity contribution in [1.82, 2.24) is 0 Å². The molecule has 74 valence electrons. The summed E-state index contributed by atoms with van der Waals surface area (Å²) in [7, 11) is 1.34. The van der Waals surface area contributed by atoms with Gasteiger partial charge in [0, 0.05) is 6.07 Å². The van der Waals surface area contributed by atoms with Gasteiger partial charge in [0.15, 0.2) is 5.78 Å². The van der Waals surface area contributed by atoms with Gasteiger partial charge in [0.1, 0.15) is 17.9 Å². The van der Waals surface area contributed by atoms with Gasteiger partial charge in [-0.15, -0.1) is 0 Å². The van der Waals surface area contributed by atoms with Gasteiger partial charge in [-0.25, -0.2) is 4.39 Å². The number of methoxy groups -OCH3 is 1. The van der Waals surface area contributed by atoms with Gasteiger partial charge in [-0.1, -0.05) is 0 Å². The topological polar surface area (TPSA) is 43.4 Å². The molecule has 0 radical (unpaired) electrons. The molecule has 0 saturated carbocycles. The lowest BCUT2D eigenvalue weighted by Crippen LogP contribution is -2.02. The quantitative estimate of drug-likeness (QED) is 0.417. The number of carbonyl (C=O) groups excluding carboxylic acids is 2. The monoisotopic (exact) mass is 196 g/mol. The Balaban J connectivity index is 3.07. The van der Waals surface area contributed by atoms with Crippen molar-refractivity contribution in [3.63, 3.8) is 0 Å². The number of hydrogen-bond donors (Lipinski definition) is 0. The number of halogens is 1. The third kappa shape index (κ3) is 2.16. The third-order valence-corrected chi connectivity index (χ3v) is 1.73. The predicted octanol–water partition coefficient (Wildman–Crippen LogP) is 1.61. The van der Waals surface area contributed by atoms with E-state index in [-0.39, 0.29) is 23.5 Å². The molecular formula is C10H9FO3. The second-order valence-corrected chi connectivity index (χ2v) is 2.64. The van der Waals surface area contributed by atoms with Gasteiger partial charge in [0.2, 0.25) is 0 Å². The van der Waals surface area contributed by atoms with Crippen molar-refractivity contribution in [3.05, 3.63) is 29.6 Å². The molecule has 1 rings (SSSR count). The van der Waals surface area contributed by atoms with Gasteiger partial charge in [-0.3, -0.25) is 4.79 Å². The second kappa shape index (κ2) is 4.50. The number of hydrogen-bond acceptors (Lipinski definition) is 3. The first-order chi connectivity index (χ1) is 6.69. The summed E-state index contributed by atoms with van der Waals surface area (Å²) < 4.78 is 17.5. The second-order valence-electron chi connectivity index (χ2n) is 2.64. The first-order valence-electron chi connectivity index (χ1n) is 3.99. The molecule has 0 aromatic heterocycles. The highest BCUT2D eigenvalue weighted by molar-refractivity contribution is 6.04. The molecule has 0 unspecified atom stereocenters. The molecule has 0 aliphatic rings. The van der Waals surface area contributed by atoms with Crippen molar-refractivity contribution in [2.45, 2.75) is 6.42 Å². The van der Waals surface area contributed by atoms with Crippen molar-refractivity contribution in [3.8, 4) is 5.75 Å². The Morgan fingerprint density at radius 2 is 2.29 bits per heavy atom. The van der Waals surface area contributed by atoms with Crippen molar-refractivity contribution < 1.29 is 18.7 Å². The molecule has 0 aliphatic heterocycles. The van der Waals surface area contributed by atoms with E-state index in [0.717, 1.165) is 12.1 Å². The fourth-order valence-corrected chi connectivity index (χ4v) is 1.08. The van der Waals surface area contributed by atoms with Crippen LogP contribution >= 0.6 is 0 Å². The summed E-state index contributed by atoms with van der Waals surface area (Å²) in [6.45, 7) is 0.